The molecule has 0 spiro atoms. The van der Waals surface area contributed by atoms with Crippen LogP contribution in [0, 0.1) is 0 Å². The van der Waals surface area contributed by atoms with E-state index in [1.54, 1.807) is 0 Å². The Balaban J connectivity index is 2.33. The van der Waals surface area contributed by atoms with E-state index < -0.39 is 16.1 Å². The Morgan fingerprint density at radius 1 is 1.50 bits per heavy atom. The van der Waals surface area contributed by atoms with Crippen LogP contribution < -0.4 is 10.5 Å². The summed E-state index contributed by atoms with van der Waals surface area (Å²) in [5.74, 6) is 0.440. The number of methoxy groups -OCH3 is 1. The summed E-state index contributed by atoms with van der Waals surface area (Å²) >= 11 is 0. The summed E-state index contributed by atoms with van der Waals surface area (Å²) in [4.78, 5) is 0.120. The molecule has 1 aromatic rings. The van der Waals surface area contributed by atoms with Crippen LogP contribution in [0.1, 0.15) is 6.42 Å². The van der Waals surface area contributed by atoms with Crippen molar-refractivity contribution in [2.75, 3.05) is 25.9 Å². The predicted molar refractivity (Wildman–Crippen MR) is 66.8 cm³/mol. The van der Waals surface area contributed by atoms with Crippen LogP contribution in [-0.2, 0) is 10.0 Å². The molecule has 1 aromatic carbocycles. The monoisotopic (exact) mass is 272 g/mol. The summed E-state index contributed by atoms with van der Waals surface area (Å²) in [5.41, 5.74) is 5.97. The molecule has 100 valence electrons. The minimum absolute atomic E-state index is 0.120. The summed E-state index contributed by atoms with van der Waals surface area (Å²) in [6.45, 7) is 0.462. The first kappa shape index (κ1) is 13.1. The van der Waals surface area contributed by atoms with E-state index >= 15 is 0 Å². The maximum absolute atomic E-state index is 12.3. The number of nitrogens with two attached hydrogens (primary N) is 1. The van der Waals surface area contributed by atoms with Crippen molar-refractivity contribution < 1.29 is 18.3 Å². The first-order valence-corrected chi connectivity index (χ1v) is 7.01. The van der Waals surface area contributed by atoms with E-state index in [1.807, 2.05) is 0 Å². The lowest BCUT2D eigenvalue weighted by Gasteiger charge is -2.16. The summed E-state index contributed by atoms with van der Waals surface area (Å²) < 4.78 is 30.7. The zero-order valence-corrected chi connectivity index (χ0v) is 10.9. The Kier molecular flexibility index (Phi) is 3.47. The van der Waals surface area contributed by atoms with Crippen LogP contribution in [-0.4, -0.2) is 44.1 Å². The molecule has 1 fully saturated rings. The van der Waals surface area contributed by atoms with E-state index in [0.717, 1.165) is 0 Å². The summed E-state index contributed by atoms with van der Waals surface area (Å²) in [5, 5.41) is 9.40. The number of hydrogen-bond donors (Lipinski definition) is 2. The fraction of sp³-hybridized carbons (Fsp3) is 0.455. The Morgan fingerprint density at radius 2 is 2.22 bits per heavy atom. The molecule has 0 aromatic heterocycles. The van der Waals surface area contributed by atoms with Gasteiger partial charge < -0.3 is 15.6 Å². The van der Waals surface area contributed by atoms with Gasteiger partial charge in [0, 0.05) is 13.1 Å². The Labute approximate surface area is 106 Å². The normalized spacial score (nSPS) is 21.1. The summed E-state index contributed by atoms with van der Waals surface area (Å²) in [6, 6.07) is 4.35. The molecule has 0 amide bonds. The van der Waals surface area contributed by atoms with Crippen LogP contribution in [0.2, 0.25) is 0 Å². The molecule has 1 heterocycles. The first-order valence-electron chi connectivity index (χ1n) is 5.57. The Hall–Kier alpha value is -1.31. The van der Waals surface area contributed by atoms with Gasteiger partial charge in [0.05, 0.1) is 23.8 Å². The molecular weight excluding hydrogens is 256 g/mol. The van der Waals surface area contributed by atoms with Gasteiger partial charge in [0.15, 0.2) is 0 Å². The number of aliphatic hydroxyl groups is 1. The maximum atomic E-state index is 12.3. The number of nitrogen functional groups attached to an aromatic ring is 1. The quantitative estimate of drug-likeness (QED) is 0.757. The average molecular weight is 272 g/mol. The van der Waals surface area contributed by atoms with Crippen molar-refractivity contribution in [3.63, 3.8) is 0 Å². The molecule has 0 bridgehead atoms. The molecule has 0 unspecified atom stereocenters. The van der Waals surface area contributed by atoms with Gasteiger partial charge >= 0.3 is 0 Å². The summed E-state index contributed by atoms with van der Waals surface area (Å²) in [7, 11) is -2.11. The second-order valence-electron chi connectivity index (χ2n) is 4.21. The lowest BCUT2D eigenvalue weighted by atomic mass is 10.3. The van der Waals surface area contributed by atoms with Gasteiger partial charge in [-0.05, 0) is 24.6 Å². The van der Waals surface area contributed by atoms with Crippen molar-refractivity contribution in [2.45, 2.75) is 17.4 Å². The van der Waals surface area contributed by atoms with Crippen LogP contribution in [0.3, 0.4) is 0 Å². The number of nitrogens with zero attached hydrogens (tertiary/aromatic N) is 1. The molecule has 0 aliphatic carbocycles. The van der Waals surface area contributed by atoms with Gasteiger partial charge in [-0.1, -0.05) is 0 Å². The fourth-order valence-corrected chi connectivity index (χ4v) is 3.48. The van der Waals surface area contributed by atoms with Crippen molar-refractivity contribution in [1.29, 1.82) is 0 Å². The van der Waals surface area contributed by atoms with E-state index in [9.17, 15) is 13.5 Å². The minimum atomic E-state index is -3.58. The van der Waals surface area contributed by atoms with Crippen molar-refractivity contribution in [1.82, 2.24) is 4.31 Å². The average Bonchev–Trinajstić information content (AvgIpc) is 2.76. The number of aliphatic hydroxyl groups excluding tert-OH is 1. The van der Waals surface area contributed by atoms with Gasteiger partial charge in [0.25, 0.3) is 0 Å². The van der Waals surface area contributed by atoms with E-state index in [-0.39, 0.29) is 17.1 Å². The molecule has 18 heavy (non-hydrogen) atoms. The molecule has 0 radical (unpaired) electrons. The fourth-order valence-electron chi connectivity index (χ4n) is 1.95. The van der Waals surface area contributed by atoms with E-state index in [2.05, 4.69) is 0 Å². The Bertz CT molecular complexity index is 544. The zero-order chi connectivity index (χ0) is 13.3. The van der Waals surface area contributed by atoms with E-state index in [4.69, 9.17) is 10.5 Å². The van der Waals surface area contributed by atoms with Gasteiger partial charge in [-0.3, -0.25) is 0 Å². The molecule has 0 saturated carbocycles. The van der Waals surface area contributed by atoms with Crippen LogP contribution in [0.4, 0.5) is 5.69 Å². The van der Waals surface area contributed by atoms with Crippen LogP contribution in [0.15, 0.2) is 23.1 Å². The third-order valence-electron chi connectivity index (χ3n) is 2.97. The van der Waals surface area contributed by atoms with Crippen molar-refractivity contribution in [3.05, 3.63) is 18.2 Å². The first-order chi connectivity index (χ1) is 8.45. The third-order valence-corrected chi connectivity index (χ3v) is 4.83. The molecule has 1 aliphatic rings. The highest BCUT2D eigenvalue weighted by atomic mass is 32.2. The second-order valence-corrected chi connectivity index (χ2v) is 6.15. The van der Waals surface area contributed by atoms with Gasteiger partial charge in [0.2, 0.25) is 10.0 Å². The zero-order valence-electron chi connectivity index (χ0n) is 10.0. The maximum Gasteiger partial charge on any atom is 0.243 e. The highest BCUT2D eigenvalue weighted by Crippen LogP contribution is 2.27. The third kappa shape index (κ3) is 2.29. The van der Waals surface area contributed by atoms with Crippen molar-refractivity contribution in [3.8, 4) is 5.75 Å². The lowest BCUT2D eigenvalue weighted by molar-refractivity contribution is 0.189. The van der Waals surface area contributed by atoms with Crippen LogP contribution in [0.5, 0.6) is 5.75 Å². The molecule has 1 atom stereocenters. The molecule has 7 heteroatoms. The van der Waals surface area contributed by atoms with Gasteiger partial charge in [0.1, 0.15) is 5.75 Å². The standard InChI is InChI=1S/C11H16N2O4S/c1-17-11-3-2-9(6-10(11)12)18(15,16)13-5-4-8(14)7-13/h2-3,6,8,14H,4-5,7,12H2,1H3/t8-/m0/s1. The van der Waals surface area contributed by atoms with E-state index in [1.165, 1.54) is 29.6 Å². The van der Waals surface area contributed by atoms with Crippen molar-refractivity contribution in [2.24, 2.45) is 0 Å². The highest BCUT2D eigenvalue weighted by Gasteiger charge is 2.31. The number of anilines is 1. The molecule has 1 aliphatic heterocycles. The number of β-amino-alcohol motifs (C(OH)–C–C–N with tert-alkyl or cyclic N) is 1. The molecule has 2 rings (SSSR count). The SMILES string of the molecule is COc1ccc(S(=O)(=O)N2CC[C@H](O)C2)cc1N. The number of sulfonamides is 1. The largest absolute Gasteiger partial charge is 0.495 e. The minimum Gasteiger partial charge on any atom is -0.495 e. The summed E-state index contributed by atoms with van der Waals surface area (Å²) in [6.07, 6.45) is -0.124. The molecule has 6 nitrogen and oxygen atoms in total. The van der Waals surface area contributed by atoms with Crippen LogP contribution >= 0.6 is 0 Å². The molecule has 1 saturated heterocycles. The van der Waals surface area contributed by atoms with Crippen LogP contribution in [0.25, 0.3) is 0 Å². The molecule has 3 N–H and O–H groups in total. The predicted octanol–water partition coefficient (Wildman–Crippen LogP) is 0.0327. The molecular formula is C11H16N2O4S. The Morgan fingerprint density at radius 3 is 2.72 bits per heavy atom. The van der Waals surface area contributed by atoms with Gasteiger partial charge in [-0.25, -0.2) is 8.42 Å². The van der Waals surface area contributed by atoms with Gasteiger partial charge in [-0.2, -0.15) is 4.31 Å². The van der Waals surface area contributed by atoms with Gasteiger partial charge in [-0.15, -0.1) is 0 Å². The topological polar surface area (TPSA) is 92.9 Å². The number of hydrogen-bond acceptors (Lipinski definition) is 5. The highest BCUT2D eigenvalue weighted by molar-refractivity contribution is 7.89. The van der Waals surface area contributed by atoms with Crippen molar-refractivity contribution >= 4 is 15.7 Å². The second kappa shape index (κ2) is 4.75. The smallest absolute Gasteiger partial charge is 0.243 e. The van der Waals surface area contributed by atoms with E-state index in [0.29, 0.717) is 18.7 Å². The lowest BCUT2D eigenvalue weighted by Crippen LogP contribution is -2.29. The number of rotatable bonds is 3. The number of benzene rings is 1. The number of ether oxygens (including phenoxy) is 1.